The Kier molecular flexibility index (Phi) is 4.96. The quantitative estimate of drug-likeness (QED) is 0.406. The van der Waals surface area contributed by atoms with Crippen LogP contribution in [0.1, 0.15) is 19.3 Å². The molecular formula is C13H18N5O5. The number of hydrogen-bond donors (Lipinski definition) is 4. The summed E-state index contributed by atoms with van der Waals surface area (Å²) in [7, 11) is 0. The zero-order valence-corrected chi connectivity index (χ0v) is 12.2. The van der Waals surface area contributed by atoms with Gasteiger partial charge in [-0.15, -0.1) is 0 Å². The maximum atomic E-state index is 11.1. The molecule has 0 saturated heterocycles. The van der Waals surface area contributed by atoms with Gasteiger partial charge in [0.05, 0.1) is 17.1 Å². The summed E-state index contributed by atoms with van der Waals surface area (Å²) >= 11 is 0. The molecule has 0 aromatic carbocycles. The molecule has 1 radical (unpaired) electrons. The number of aliphatic hydroxyl groups excluding tert-OH is 2. The Morgan fingerprint density at radius 2 is 2.22 bits per heavy atom. The van der Waals surface area contributed by atoms with Crippen LogP contribution in [0, 0.1) is 16.0 Å². The Labute approximate surface area is 131 Å². The second-order valence-corrected chi connectivity index (χ2v) is 5.54. The van der Waals surface area contributed by atoms with Crippen LogP contribution >= 0.6 is 0 Å². The predicted octanol–water partition coefficient (Wildman–Crippen LogP) is -0.316. The van der Waals surface area contributed by atoms with Gasteiger partial charge in [-0.1, -0.05) is 0 Å². The van der Waals surface area contributed by atoms with Gasteiger partial charge in [-0.2, -0.15) is 0 Å². The van der Waals surface area contributed by atoms with E-state index in [-0.39, 0.29) is 36.0 Å². The van der Waals surface area contributed by atoms with E-state index in [0.717, 1.165) is 0 Å². The minimum atomic E-state index is -1.16. The van der Waals surface area contributed by atoms with Crippen molar-refractivity contribution in [1.82, 2.24) is 10.7 Å². The van der Waals surface area contributed by atoms with Crippen molar-refractivity contribution >= 4 is 23.1 Å². The molecule has 6 N–H and O–H groups in total. The van der Waals surface area contributed by atoms with Crippen LogP contribution in [0.4, 0.5) is 17.2 Å². The lowest BCUT2D eigenvalue weighted by atomic mass is 9.99. The Morgan fingerprint density at radius 3 is 2.83 bits per heavy atom. The van der Waals surface area contributed by atoms with Crippen LogP contribution in [0.2, 0.25) is 0 Å². The topological polar surface area (TPSA) is 175 Å². The van der Waals surface area contributed by atoms with Crippen molar-refractivity contribution in [3.05, 3.63) is 22.4 Å². The van der Waals surface area contributed by atoms with Crippen LogP contribution in [-0.4, -0.2) is 44.3 Å². The number of anilines is 2. The highest BCUT2D eigenvalue weighted by Crippen LogP contribution is 2.35. The van der Waals surface area contributed by atoms with Crippen molar-refractivity contribution in [3.8, 4) is 0 Å². The number of aromatic nitrogens is 1. The normalized spacial score (nSPS) is 26.9. The number of carbonyl (C=O) groups is 1. The van der Waals surface area contributed by atoms with Gasteiger partial charge < -0.3 is 21.3 Å². The van der Waals surface area contributed by atoms with E-state index in [4.69, 9.17) is 11.5 Å². The van der Waals surface area contributed by atoms with Gasteiger partial charge in [-0.05, 0) is 24.8 Å². The smallest absolute Gasteiger partial charge is 0.333 e. The molecule has 0 spiro atoms. The lowest BCUT2D eigenvalue weighted by Crippen LogP contribution is -2.35. The third-order valence-electron chi connectivity index (χ3n) is 4.00. The number of pyridine rings is 1. The molecule has 0 bridgehead atoms. The number of amides is 1. The van der Waals surface area contributed by atoms with Gasteiger partial charge in [0.1, 0.15) is 11.8 Å². The Morgan fingerprint density at radius 1 is 1.52 bits per heavy atom. The molecule has 1 aliphatic carbocycles. The molecule has 10 heteroatoms. The third kappa shape index (κ3) is 3.66. The lowest BCUT2D eigenvalue weighted by molar-refractivity contribution is -0.383. The zero-order valence-electron chi connectivity index (χ0n) is 12.2. The SMILES string of the molecule is [NH]C(=O)CCC1CC(Nc2nccc(N)c2[N+](=O)[O-])C(O)C1O. The fourth-order valence-electron chi connectivity index (χ4n) is 2.81. The average Bonchev–Trinajstić information content (AvgIpc) is 2.73. The van der Waals surface area contributed by atoms with Crippen molar-refractivity contribution < 1.29 is 19.9 Å². The van der Waals surface area contributed by atoms with Crippen molar-refractivity contribution in [2.75, 3.05) is 11.1 Å². The van der Waals surface area contributed by atoms with Crippen molar-refractivity contribution in [2.45, 2.75) is 37.5 Å². The fourth-order valence-corrected chi connectivity index (χ4v) is 2.81. The minimum Gasteiger partial charge on any atom is -0.393 e. The molecule has 2 rings (SSSR count). The molecule has 0 aliphatic heterocycles. The van der Waals surface area contributed by atoms with Gasteiger partial charge >= 0.3 is 5.69 Å². The highest BCUT2D eigenvalue weighted by atomic mass is 16.6. The molecule has 4 unspecified atom stereocenters. The number of nitro groups is 1. The molecule has 1 aliphatic rings. The maximum Gasteiger partial charge on any atom is 0.333 e. The summed E-state index contributed by atoms with van der Waals surface area (Å²) in [5.74, 6) is -1.20. The average molecular weight is 324 g/mol. The monoisotopic (exact) mass is 324 g/mol. The first-order chi connectivity index (χ1) is 10.8. The van der Waals surface area contributed by atoms with Gasteiger partial charge in [0.25, 0.3) is 0 Å². The second kappa shape index (κ2) is 6.75. The molecule has 10 nitrogen and oxygen atoms in total. The van der Waals surface area contributed by atoms with E-state index < -0.39 is 29.1 Å². The van der Waals surface area contributed by atoms with Crippen molar-refractivity contribution in [1.29, 1.82) is 0 Å². The molecule has 1 aromatic rings. The van der Waals surface area contributed by atoms with Crippen molar-refractivity contribution in [3.63, 3.8) is 0 Å². The molecular weight excluding hydrogens is 306 g/mol. The number of hydrogen-bond acceptors (Lipinski definition) is 8. The van der Waals surface area contributed by atoms with Crippen LogP contribution in [0.3, 0.4) is 0 Å². The van der Waals surface area contributed by atoms with E-state index in [9.17, 15) is 25.1 Å². The first-order valence-electron chi connectivity index (χ1n) is 7.07. The van der Waals surface area contributed by atoms with Crippen LogP contribution in [0.5, 0.6) is 0 Å². The van der Waals surface area contributed by atoms with E-state index in [1.165, 1.54) is 12.3 Å². The zero-order chi connectivity index (χ0) is 17.1. The molecule has 1 amide bonds. The minimum absolute atomic E-state index is 0.0160. The van der Waals surface area contributed by atoms with E-state index in [1.807, 2.05) is 0 Å². The molecule has 1 saturated carbocycles. The third-order valence-corrected chi connectivity index (χ3v) is 4.00. The van der Waals surface area contributed by atoms with Crippen LogP contribution in [0.15, 0.2) is 12.3 Å². The first-order valence-corrected chi connectivity index (χ1v) is 7.07. The van der Waals surface area contributed by atoms with E-state index in [1.54, 1.807) is 0 Å². The molecule has 1 aromatic heterocycles. The fraction of sp³-hybridized carbons (Fsp3) is 0.538. The standard InChI is InChI=1S/C13H18N5O5/c14-7-3-4-16-13(10(7)18(22)23)17-8-5-6(1-2-9(15)19)11(20)12(8)21/h3-4,6,8,11-12,15,20-21H,1-2,5H2,(H3,14,16,17). The van der Waals surface area contributed by atoms with Gasteiger partial charge in [0.2, 0.25) is 11.7 Å². The van der Waals surface area contributed by atoms with Crippen LogP contribution in [0.25, 0.3) is 0 Å². The summed E-state index contributed by atoms with van der Waals surface area (Å²) in [5.41, 5.74) is 12.0. The summed E-state index contributed by atoms with van der Waals surface area (Å²) in [4.78, 5) is 25.0. The second-order valence-electron chi connectivity index (χ2n) is 5.54. The summed E-state index contributed by atoms with van der Waals surface area (Å²) in [5, 5.41) is 33.9. The number of nitrogen functional groups attached to an aromatic ring is 1. The largest absolute Gasteiger partial charge is 0.393 e. The number of aliphatic hydroxyl groups is 2. The molecule has 4 atom stereocenters. The Hall–Kier alpha value is -2.46. The number of nitrogens with two attached hydrogens (primary N) is 1. The van der Waals surface area contributed by atoms with Gasteiger partial charge in [-0.3, -0.25) is 20.6 Å². The van der Waals surface area contributed by atoms with Gasteiger partial charge in [0, 0.05) is 12.6 Å². The highest BCUT2D eigenvalue weighted by molar-refractivity contribution is 5.73. The van der Waals surface area contributed by atoms with Crippen LogP contribution in [-0.2, 0) is 4.79 Å². The molecule has 1 heterocycles. The number of nitrogens with zero attached hydrogens (tertiary/aromatic N) is 2. The van der Waals surface area contributed by atoms with E-state index in [2.05, 4.69) is 10.3 Å². The highest BCUT2D eigenvalue weighted by Gasteiger charge is 2.42. The maximum absolute atomic E-state index is 11.1. The molecule has 125 valence electrons. The lowest BCUT2D eigenvalue weighted by Gasteiger charge is -2.18. The predicted molar refractivity (Wildman–Crippen MR) is 80.2 cm³/mol. The Balaban J connectivity index is 2.13. The number of nitrogens with one attached hydrogen (secondary N) is 2. The molecule has 1 fully saturated rings. The van der Waals surface area contributed by atoms with Crippen LogP contribution < -0.4 is 16.8 Å². The molecule has 23 heavy (non-hydrogen) atoms. The van der Waals surface area contributed by atoms with Crippen molar-refractivity contribution in [2.24, 2.45) is 5.92 Å². The summed E-state index contributed by atoms with van der Waals surface area (Å²) in [6.45, 7) is 0. The first kappa shape index (κ1) is 16.9. The van der Waals surface area contributed by atoms with Gasteiger partial charge in [0.15, 0.2) is 0 Å². The van der Waals surface area contributed by atoms with E-state index >= 15 is 0 Å². The van der Waals surface area contributed by atoms with E-state index in [0.29, 0.717) is 6.42 Å². The summed E-state index contributed by atoms with van der Waals surface area (Å²) < 4.78 is 0. The number of rotatable bonds is 6. The van der Waals surface area contributed by atoms with Gasteiger partial charge in [-0.25, -0.2) is 4.98 Å². The Bertz CT molecular complexity index is 610. The summed E-state index contributed by atoms with van der Waals surface area (Å²) in [6.07, 6.45) is -0.388. The summed E-state index contributed by atoms with van der Waals surface area (Å²) in [6, 6.07) is 0.634. The number of carbonyl (C=O) groups excluding carboxylic acids is 1.